The molecule has 1 aromatic carbocycles. The third-order valence-electron chi connectivity index (χ3n) is 2.51. The summed E-state index contributed by atoms with van der Waals surface area (Å²) in [5.74, 6) is -0.189. The first kappa shape index (κ1) is 12.8. The third-order valence-corrected chi connectivity index (χ3v) is 2.51. The topological polar surface area (TPSA) is 68.2 Å². The molecule has 1 N–H and O–H groups in total. The SMILES string of the molecule is CC(=O)Nc1cccc(-n2cc(C=O)ccc2=O)c1. The lowest BCUT2D eigenvalue weighted by molar-refractivity contribution is -0.114. The van der Waals surface area contributed by atoms with Gasteiger partial charge in [0.15, 0.2) is 6.29 Å². The summed E-state index contributed by atoms with van der Waals surface area (Å²) in [6.45, 7) is 1.41. The van der Waals surface area contributed by atoms with E-state index in [1.54, 1.807) is 24.3 Å². The lowest BCUT2D eigenvalue weighted by Gasteiger charge is -2.08. The van der Waals surface area contributed by atoms with Crippen LogP contribution in [0.5, 0.6) is 0 Å². The van der Waals surface area contributed by atoms with Gasteiger partial charge in [0.2, 0.25) is 5.91 Å². The first-order valence-corrected chi connectivity index (χ1v) is 5.66. The van der Waals surface area contributed by atoms with Crippen molar-refractivity contribution in [1.82, 2.24) is 4.57 Å². The summed E-state index contributed by atoms with van der Waals surface area (Å²) < 4.78 is 1.36. The number of benzene rings is 1. The average Bonchev–Trinajstić information content (AvgIpc) is 2.39. The van der Waals surface area contributed by atoms with Crippen LogP contribution >= 0.6 is 0 Å². The molecule has 0 atom stereocenters. The fraction of sp³-hybridized carbons (Fsp3) is 0.0714. The van der Waals surface area contributed by atoms with E-state index < -0.39 is 0 Å². The first-order valence-electron chi connectivity index (χ1n) is 5.66. The molecule has 0 aliphatic heterocycles. The van der Waals surface area contributed by atoms with Gasteiger partial charge in [-0.25, -0.2) is 0 Å². The number of aromatic nitrogens is 1. The van der Waals surface area contributed by atoms with Gasteiger partial charge in [0.05, 0.1) is 5.69 Å². The van der Waals surface area contributed by atoms with E-state index >= 15 is 0 Å². The summed E-state index contributed by atoms with van der Waals surface area (Å²) in [4.78, 5) is 33.5. The minimum Gasteiger partial charge on any atom is -0.326 e. The van der Waals surface area contributed by atoms with Crippen molar-refractivity contribution >= 4 is 17.9 Å². The van der Waals surface area contributed by atoms with Gasteiger partial charge >= 0.3 is 0 Å². The Morgan fingerprint density at radius 2 is 2.05 bits per heavy atom. The van der Waals surface area contributed by atoms with Crippen LogP contribution in [0.4, 0.5) is 5.69 Å². The minimum atomic E-state index is -0.245. The lowest BCUT2D eigenvalue weighted by atomic mass is 10.2. The number of nitrogens with zero attached hydrogens (tertiary/aromatic N) is 1. The molecule has 0 saturated heterocycles. The number of carbonyl (C=O) groups excluding carboxylic acids is 2. The van der Waals surface area contributed by atoms with Crippen LogP contribution in [0.25, 0.3) is 5.69 Å². The molecule has 2 rings (SSSR count). The maximum absolute atomic E-state index is 11.8. The highest BCUT2D eigenvalue weighted by Crippen LogP contribution is 2.13. The van der Waals surface area contributed by atoms with Crippen molar-refractivity contribution in [1.29, 1.82) is 0 Å². The molecular formula is C14H12N2O3. The Bertz CT molecular complexity index is 689. The van der Waals surface area contributed by atoms with Gasteiger partial charge in [-0.15, -0.1) is 0 Å². The first-order chi connectivity index (χ1) is 9.10. The molecule has 0 aliphatic carbocycles. The van der Waals surface area contributed by atoms with E-state index in [0.29, 0.717) is 23.2 Å². The number of nitrogens with one attached hydrogen (secondary N) is 1. The molecule has 2 aromatic rings. The normalized spacial score (nSPS) is 9.95. The molecule has 19 heavy (non-hydrogen) atoms. The van der Waals surface area contributed by atoms with Crippen molar-refractivity contribution in [3.8, 4) is 5.69 Å². The molecule has 0 saturated carbocycles. The van der Waals surface area contributed by atoms with Gasteiger partial charge in [0.25, 0.3) is 5.56 Å². The highest BCUT2D eigenvalue weighted by atomic mass is 16.1. The second kappa shape index (κ2) is 5.30. The van der Waals surface area contributed by atoms with E-state index in [9.17, 15) is 14.4 Å². The number of aldehydes is 1. The monoisotopic (exact) mass is 256 g/mol. The quantitative estimate of drug-likeness (QED) is 0.848. The average molecular weight is 256 g/mol. The van der Waals surface area contributed by atoms with Crippen molar-refractivity contribution < 1.29 is 9.59 Å². The number of rotatable bonds is 3. The van der Waals surface area contributed by atoms with Crippen LogP contribution in [0.1, 0.15) is 17.3 Å². The zero-order chi connectivity index (χ0) is 13.8. The molecule has 0 bridgehead atoms. The molecule has 0 fully saturated rings. The Hall–Kier alpha value is -2.69. The van der Waals surface area contributed by atoms with Crippen LogP contribution in [-0.4, -0.2) is 16.8 Å². The zero-order valence-corrected chi connectivity index (χ0v) is 10.3. The van der Waals surface area contributed by atoms with Gasteiger partial charge in [-0.05, 0) is 24.3 Å². The van der Waals surface area contributed by atoms with Gasteiger partial charge in [-0.1, -0.05) is 6.07 Å². The van der Waals surface area contributed by atoms with Gasteiger partial charge in [0.1, 0.15) is 0 Å². The van der Waals surface area contributed by atoms with Crippen LogP contribution < -0.4 is 10.9 Å². The Kier molecular flexibility index (Phi) is 3.56. The van der Waals surface area contributed by atoms with Gasteiger partial charge < -0.3 is 5.32 Å². The van der Waals surface area contributed by atoms with E-state index in [1.165, 1.54) is 29.8 Å². The number of hydrogen-bond donors (Lipinski definition) is 1. The van der Waals surface area contributed by atoms with E-state index in [4.69, 9.17) is 0 Å². The van der Waals surface area contributed by atoms with Crippen molar-refractivity contribution in [2.75, 3.05) is 5.32 Å². The molecule has 0 spiro atoms. The second-order valence-corrected chi connectivity index (χ2v) is 4.02. The van der Waals surface area contributed by atoms with E-state index in [0.717, 1.165) is 0 Å². The molecule has 1 heterocycles. The Balaban J connectivity index is 2.49. The highest BCUT2D eigenvalue weighted by Gasteiger charge is 2.03. The van der Waals surface area contributed by atoms with Crippen LogP contribution in [0.15, 0.2) is 47.4 Å². The summed E-state index contributed by atoms with van der Waals surface area (Å²) in [5.41, 5.74) is 1.34. The Labute approximate surface area is 109 Å². The second-order valence-electron chi connectivity index (χ2n) is 4.02. The summed E-state index contributed by atoms with van der Waals surface area (Å²) in [6.07, 6.45) is 2.13. The van der Waals surface area contributed by atoms with E-state index in [2.05, 4.69) is 5.32 Å². The zero-order valence-electron chi connectivity index (χ0n) is 10.3. The van der Waals surface area contributed by atoms with Gasteiger partial charge in [0, 0.05) is 30.4 Å². The maximum atomic E-state index is 11.8. The van der Waals surface area contributed by atoms with Crippen molar-refractivity contribution in [3.63, 3.8) is 0 Å². The largest absolute Gasteiger partial charge is 0.326 e. The third kappa shape index (κ3) is 2.95. The predicted octanol–water partition coefficient (Wildman–Crippen LogP) is 1.61. The molecule has 5 nitrogen and oxygen atoms in total. The minimum absolute atomic E-state index is 0.189. The maximum Gasteiger partial charge on any atom is 0.255 e. The molecule has 5 heteroatoms. The van der Waals surface area contributed by atoms with Gasteiger partial charge in [-0.3, -0.25) is 19.0 Å². The van der Waals surface area contributed by atoms with Gasteiger partial charge in [-0.2, -0.15) is 0 Å². The molecule has 1 aromatic heterocycles. The molecule has 1 amide bonds. The molecule has 0 unspecified atom stereocenters. The van der Waals surface area contributed by atoms with Crippen molar-refractivity contribution in [2.24, 2.45) is 0 Å². The predicted molar refractivity (Wildman–Crippen MR) is 71.7 cm³/mol. The van der Waals surface area contributed by atoms with Crippen LogP contribution in [0.3, 0.4) is 0 Å². The molecule has 0 aliphatic rings. The van der Waals surface area contributed by atoms with Crippen LogP contribution in [-0.2, 0) is 4.79 Å². The number of anilines is 1. The fourth-order valence-electron chi connectivity index (χ4n) is 1.71. The summed E-state index contributed by atoms with van der Waals surface area (Å²) in [5, 5.41) is 2.64. The van der Waals surface area contributed by atoms with E-state index in [-0.39, 0.29) is 11.5 Å². The summed E-state index contributed by atoms with van der Waals surface area (Å²) in [7, 11) is 0. The Morgan fingerprint density at radius 1 is 1.26 bits per heavy atom. The Morgan fingerprint density at radius 3 is 2.74 bits per heavy atom. The molecule has 0 radical (unpaired) electrons. The smallest absolute Gasteiger partial charge is 0.255 e. The van der Waals surface area contributed by atoms with E-state index in [1.807, 2.05) is 0 Å². The van der Waals surface area contributed by atoms with Crippen molar-refractivity contribution in [3.05, 3.63) is 58.5 Å². The lowest BCUT2D eigenvalue weighted by Crippen LogP contribution is -2.17. The number of amides is 1. The van der Waals surface area contributed by atoms with Crippen LogP contribution in [0.2, 0.25) is 0 Å². The number of carbonyl (C=O) groups is 2. The molecular weight excluding hydrogens is 244 g/mol. The van der Waals surface area contributed by atoms with Crippen molar-refractivity contribution in [2.45, 2.75) is 6.92 Å². The fourth-order valence-corrected chi connectivity index (χ4v) is 1.71. The van der Waals surface area contributed by atoms with Crippen LogP contribution in [0, 0.1) is 0 Å². The molecule has 96 valence electrons. The highest BCUT2D eigenvalue weighted by molar-refractivity contribution is 5.88. The number of pyridine rings is 1. The number of hydrogen-bond acceptors (Lipinski definition) is 3. The standard InChI is InChI=1S/C14H12N2O3/c1-10(18)15-12-3-2-4-13(7-12)16-8-11(9-17)5-6-14(16)19/h2-9H,1H3,(H,15,18). The summed E-state index contributed by atoms with van der Waals surface area (Å²) >= 11 is 0. The summed E-state index contributed by atoms with van der Waals surface area (Å²) in [6, 6.07) is 9.62.